The van der Waals surface area contributed by atoms with Crippen LogP contribution in [0.1, 0.15) is 25.3 Å². The summed E-state index contributed by atoms with van der Waals surface area (Å²) in [6.45, 7) is 3.51. The molecule has 31 heavy (non-hydrogen) atoms. The number of unbranched alkanes of at least 4 members (excludes halogenated alkanes) is 1. The van der Waals surface area contributed by atoms with E-state index in [9.17, 15) is 9.59 Å². The molecule has 0 atom stereocenters. The summed E-state index contributed by atoms with van der Waals surface area (Å²) in [4.78, 5) is 25.0. The maximum Gasteiger partial charge on any atom is 0.234 e. The van der Waals surface area contributed by atoms with E-state index in [0.717, 1.165) is 41.3 Å². The van der Waals surface area contributed by atoms with Crippen LogP contribution in [0.3, 0.4) is 0 Å². The molecule has 2 N–H and O–H groups in total. The van der Waals surface area contributed by atoms with Crippen LogP contribution in [0.15, 0.2) is 75.9 Å². The summed E-state index contributed by atoms with van der Waals surface area (Å²) in [5, 5.41) is 8.66. The molecule has 0 fully saturated rings. The van der Waals surface area contributed by atoms with Crippen LogP contribution in [0, 0.1) is 0 Å². The van der Waals surface area contributed by atoms with Crippen molar-refractivity contribution in [1.29, 1.82) is 0 Å². The van der Waals surface area contributed by atoms with Gasteiger partial charge in [0.15, 0.2) is 5.43 Å². The number of nitrogens with one attached hydrogen (secondary N) is 2. The molecule has 0 saturated heterocycles. The summed E-state index contributed by atoms with van der Waals surface area (Å²) >= 11 is 0. The molecule has 4 rings (SSSR count). The fourth-order valence-corrected chi connectivity index (χ4v) is 3.71. The van der Waals surface area contributed by atoms with E-state index in [2.05, 4.69) is 17.6 Å². The van der Waals surface area contributed by atoms with Gasteiger partial charge in [-0.15, -0.1) is 0 Å². The van der Waals surface area contributed by atoms with E-state index in [-0.39, 0.29) is 17.9 Å². The zero-order chi connectivity index (χ0) is 21.6. The number of fused-ring (bicyclic) bond motifs is 2. The molecule has 5 nitrogen and oxygen atoms in total. The van der Waals surface area contributed by atoms with Crippen molar-refractivity contribution >= 4 is 27.6 Å². The van der Waals surface area contributed by atoms with E-state index in [4.69, 9.17) is 4.42 Å². The normalized spacial score (nSPS) is 11.1. The second-order valence-corrected chi connectivity index (χ2v) is 7.60. The molecule has 1 amide bonds. The summed E-state index contributed by atoms with van der Waals surface area (Å²) < 4.78 is 6.25. The summed E-state index contributed by atoms with van der Waals surface area (Å²) in [5.74, 6) is 0.440. The Morgan fingerprint density at radius 2 is 1.74 bits per heavy atom. The molecule has 0 aliphatic carbocycles. The van der Waals surface area contributed by atoms with Crippen molar-refractivity contribution in [3.05, 3.63) is 82.5 Å². The Labute approximate surface area is 181 Å². The third-order valence-electron chi connectivity index (χ3n) is 5.36. The molecule has 0 aliphatic heterocycles. The molecule has 0 spiro atoms. The quantitative estimate of drug-likeness (QED) is 0.413. The second kappa shape index (κ2) is 9.58. The molecule has 1 heterocycles. The Bertz CT molecular complexity index is 1270. The van der Waals surface area contributed by atoms with Gasteiger partial charge >= 0.3 is 0 Å². The van der Waals surface area contributed by atoms with Crippen LogP contribution >= 0.6 is 0 Å². The van der Waals surface area contributed by atoms with Gasteiger partial charge in [0.2, 0.25) is 5.91 Å². The predicted octanol–water partition coefficient (Wildman–Crippen LogP) is 4.62. The predicted molar refractivity (Wildman–Crippen MR) is 125 cm³/mol. The minimum absolute atomic E-state index is 0.0827. The topological polar surface area (TPSA) is 71.3 Å². The first kappa shape index (κ1) is 20.8. The molecule has 0 bridgehead atoms. The lowest BCUT2D eigenvalue weighted by atomic mass is 10.0. The van der Waals surface area contributed by atoms with Crippen molar-refractivity contribution in [1.82, 2.24) is 10.6 Å². The van der Waals surface area contributed by atoms with Gasteiger partial charge < -0.3 is 15.1 Å². The molecule has 0 aliphatic rings. The standard InChI is InChI=1S/C26H26N2O3/c1-2-3-14-27-17-25(30)28-16-19-10-7-13-22-23(29)15-24(31-26(19)22)21-12-6-9-18-8-4-5-11-20(18)21/h4-13,15,27H,2-3,14,16-17H2,1H3,(H,28,30). The zero-order valence-corrected chi connectivity index (χ0v) is 17.6. The Kier molecular flexibility index (Phi) is 6.43. The van der Waals surface area contributed by atoms with Gasteiger partial charge in [-0.05, 0) is 29.8 Å². The average Bonchev–Trinajstić information content (AvgIpc) is 2.80. The van der Waals surface area contributed by atoms with Crippen LogP contribution < -0.4 is 16.1 Å². The number of benzene rings is 3. The smallest absolute Gasteiger partial charge is 0.234 e. The Hall–Kier alpha value is -3.44. The molecule has 0 radical (unpaired) electrons. The third-order valence-corrected chi connectivity index (χ3v) is 5.36. The lowest BCUT2D eigenvalue weighted by Gasteiger charge is -2.11. The first-order chi connectivity index (χ1) is 15.2. The second-order valence-electron chi connectivity index (χ2n) is 7.60. The van der Waals surface area contributed by atoms with Gasteiger partial charge in [-0.2, -0.15) is 0 Å². The summed E-state index contributed by atoms with van der Waals surface area (Å²) in [6.07, 6.45) is 2.13. The molecular weight excluding hydrogens is 388 g/mol. The minimum atomic E-state index is -0.0985. The van der Waals surface area contributed by atoms with Crippen molar-refractivity contribution in [2.24, 2.45) is 0 Å². The maximum atomic E-state index is 12.8. The third kappa shape index (κ3) is 4.67. The van der Waals surface area contributed by atoms with Gasteiger partial charge in [0.25, 0.3) is 0 Å². The van der Waals surface area contributed by atoms with Gasteiger partial charge in [0.1, 0.15) is 11.3 Å². The summed E-state index contributed by atoms with van der Waals surface area (Å²) in [7, 11) is 0. The van der Waals surface area contributed by atoms with Crippen LogP contribution in [-0.4, -0.2) is 19.0 Å². The number of hydrogen-bond acceptors (Lipinski definition) is 4. The largest absolute Gasteiger partial charge is 0.455 e. The van der Waals surface area contributed by atoms with Crippen molar-refractivity contribution < 1.29 is 9.21 Å². The molecular formula is C26H26N2O3. The highest BCUT2D eigenvalue weighted by Crippen LogP contribution is 2.30. The average molecular weight is 415 g/mol. The minimum Gasteiger partial charge on any atom is -0.455 e. The number of rotatable bonds is 8. The highest BCUT2D eigenvalue weighted by molar-refractivity contribution is 5.96. The van der Waals surface area contributed by atoms with Crippen molar-refractivity contribution in [2.45, 2.75) is 26.3 Å². The van der Waals surface area contributed by atoms with Crippen molar-refractivity contribution in [2.75, 3.05) is 13.1 Å². The first-order valence-electron chi connectivity index (χ1n) is 10.7. The molecule has 5 heteroatoms. The van der Waals surface area contributed by atoms with Crippen LogP contribution in [0.25, 0.3) is 33.1 Å². The monoisotopic (exact) mass is 414 g/mol. The van der Waals surface area contributed by atoms with Crippen molar-refractivity contribution in [3.63, 3.8) is 0 Å². The molecule has 158 valence electrons. The van der Waals surface area contributed by atoms with Gasteiger partial charge in [0.05, 0.1) is 11.9 Å². The summed E-state index contributed by atoms with van der Waals surface area (Å²) in [6, 6.07) is 21.0. The molecule has 1 aromatic heterocycles. The SMILES string of the molecule is CCCCNCC(=O)NCc1cccc2c(=O)cc(-c3cccc4ccccc34)oc12. The Morgan fingerprint density at radius 1 is 0.968 bits per heavy atom. The molecule has 3 aromatic carbocycles. The van der Waals surface area contributed by atoms with Gasteiger partial charge in [0, 0.05) is 23.7 Å². The van der Waals surface area contributed by atoms with Gasteiger partial charge in [-0.25, -0.2) is 0 Å². The van der Waals surface area contributed by atoms with E-state index >= 15 is 0 Å². The van der Waals surface area contributed by atoms with Crippen LogP contribution in [-0.2, 0) is 11.3 Å². The van der Waals surface area contributed by atoms with Crippen LogP contribution in [0.4, 0.5) is 0 Å². The number of para-hydroxylation sites is 1. The van der Waals surface area contributed by atoms with Gasteiger partial charge in [-0.1, -0.05) is 67.9 Å². The lowest BCUT2D eigenvalue weighted by molar-refractivity contribution is -0.120. The van der Waals surface area contributed by atoms with Crippen molar-refractivity contribution in [3.8, 4) is 11.3 Å². The van der Waals surface area contributed by atoms with E-state index in [1.165, 1.54) is 0 Å². The lowest BCUT2D eigenvalue weighted by Crippen LogP contribution is -2.33. The fourth-order valence-electron chi connectivity index (χ4n) is 3.71. The molecule has 0 saturated carbocycles. The zero-order valence-electron chi connectivity index (χ0n) is 17.6. The number of amides is 1. The van der Waals surface area contributed by atoms with E-state index in [1.807, 2.05) is 54.6 Å². The number of carbonyl (C=O) groups excluding carboxylic acids is 1. The summed E-state index contributed by atoms with van der Waals surface area (Å²) in [5.41, 5.74) is 2.06. The van der Waals surface area contributed by atoms with E-state index in [0.29, 0.717) is 23.3 Å². The number of hydrogen-bond donors (Lipinski definition) is 2. The first-order valence-corrected chi connectivity index (χ1v) is 10.7. The Balaban J connectivity index is 1.65. The Morgan fingerprint density at radius 3 is 2.61 bits per heavy atom. The van der Waals surface area contributed by atoms with E-state index in [1.54, 1.807) is 12.1 Å². The maximum absolute atomic E-state index is 12.8. The van der Waals surface area contributed by atoms with Crippen LogP contribution in [0.5, 0.6) is 0 Å². The highest BCUT2D eigenvalue weighted by atomic mass is 16.3. The van der Waals surface area contributed by atoms with Crippen LogP contribution in [0.2, 0.25) is 0 Å². The highest BCUT2D eigenvalue weighted by Gasteiger charge is 2.13. The van der Waals surface area contributed by atoms with E-state index < -0.39 is 0 Å². The fraction of sp³-hybridized carbons (Fsp3) is 0.231. The molecule has 4 aromatic rings. The van der Waals surface area contributed by atoms with Gasteiger partial charge in [-0.3, -0.25) is 9.59 Å². The number of carbonyl (C=O) groups is 1. The molecule has 0 unspecified atom stereocenters.